The minimum atomic E-state index is -1.13. The number of rotatable bonds is 10. The van der Waals surface area contributed by atoms with Crippen LogP contribution in [0.2, 0.25) is 0 Å². The number of carbonyl (C=O) groups excluding carboxylic acids is 2. The standard InChI is InChI=1S/C26H30N2O6/c1-4-16-33-25(31)27(2)15-9-14-23(24(29)30)28(3)26(32)34-17-22-20-12-7-5-10-18(20)19-11-6-8-13-21(19)22/h4-8,10-13,22-23H,1,9,14-17H2,2-3H3,(H,29,30)/t23-/m0/s1. The molecular weight excluding hydrogens is 436 g/mol. The molecule has 0 saturated carbocycles. The number of carbonyl (C=O) groups is 3. The first-order chi connectivity index (χ1) is 16.3. The van der Waals surface area contributed by atoms with Crippen molar-refractivity contribution in [3.63, 3.8) is 0 Å². The summed E-state index contributed by atoms with van der Waals surface area (Å²) in [5.74, 6) is -1.24. The quantitative estimate of drug-likeness (QED) is 0.523. The number of hydrogen-bond donors (Lipinski definition) is 1. The topological polar surface area (TPSA) is 96.4 Å². The van der Waals surface area contributed by atoms with Gasteiger partial charge in [-0.15, -0.1) is 0 Å². The molecule has 1 aliphatic carbocycles. The Balaban J connectivity index is 1.58. The van der Waals surface area contributed by atoms with E-state index < -0.39 is 24.2 Å². The fraction of sp³-hybridized carbons (Fsp3) is 0.346. The molecule has 0 spiro atoms. The molecule has 3 rings (SSSR count). The van der Waals surface area contributed by atoms with Crippen molar-refractivity contribution in [1.29, 1.82) is 0 Å². The predicted molar refractivity (Wildman–Crippen MR) is 128 cm³/mol. The van der Waals surface area contributed by atoms with Crippen LogP contribution in [0.1, 0.15) is 29.9 Å². The van der Waals surface area contributed by atoms with Crippen molar-refractivity contribution in [3.8, 4) is 11.1 Å². The first-order valence-corrected chi connectivity index (χ1v) is 11.1. The largest absolute Gasteiger partial charge is 0.480 e. The van der Waals surface area contributed by atoms with Crippen molar-refractivity contribution in [2.24, 2.45) is 0 Å². The third kappa shape index (κ3) is 5.57. The van der Waals surface area contributed by atoms with Crippen molar-refractivity contribution >= 4 is 18.2 Å². The highest BCUT2D eigenvalue weighted by Crippen LogP contribution is 2.44. The number of likely N-dealkylation sites (N-methyl/N-ethyl adjacent to an activating group) is 1. The van der Waals surface area contributed by atoms with Crippen LogP contribution in [0.3, 0.4) is 0 Å². The van der Waals surface area contributed by atoms with Crippen LogP contribution in [0, 0.1) is 0 Å². The number of carboxylic acid groups (broad SMARTS) is 1. The van der Waals surface area contributed by atoms with Crippen molar-refractivity contribution in [2.75, 3.05) is 33.9 Å². The molecule has 1 atom stereocenters. The molecule has 2 amide bonds. The lowest BCUT2D eigenvalue weighted by atomic mass is 9.98. The molecule has 2 aromatic rings. The lowest BCUT2D eigenvalue weighted by Crippen LogP contribution is -2.43. The van der Waals surface area contributed by atoms with Gasteiger partial charge in [-0.2, -0.15) is 0 Å². The van der Waals surface area contributed by atoms with Gasteiger partial charge in [0.2, 0.25) is 0 Å². The van der Waals surface area contributed by atoms with Crippen LogP contribution in [0.5, 0.6) is 0 Å². The second-order valence-electron chi connectivity index (χ2n) is 8.20. The number of amides is 2. The Kier molecular flexibility index (Phi) is 8.29. The van der Waals surface area contributed by atoms with Crippen LogP contribution in [-0.2, 0) is 14.3 Å². The second-order valence-corrected chi connectivity index (χ2v) is 8.20. The van der Waals surface area contributed by atoms with E-state index in [0.29, 0.717) is 6.42 Å². The Labute approximate surface area is 199 Å². The zero-order chi connectivity index (χ0) is 24.7. The zero-order valence-electron chi connectivity index (χ0n) is 19.5. The summed E-state index contributed by atoms with van der Waals surface area (Å²) in [4.78, 5) is 38.8. The Morgan fingerprint density at radius 2 is 1.59 bits per heavy atom. The zero-order valence-corrected chi connectivity index (χ0v) is 19.5. The molecule has 0 radical (unpaired) electrons. The van der Waals surface area contributed by atoms with E-state index >= 15 is 0 Å². The molecule has 0 heterocycles. The summed E-state index contributed by atoms with van der Waals surface area (Å²) in [5.41, 5.74) is 4.40. The average Bonchev–Trinajstić information content (AvgIpc) is 3.16. The van der Waals surface area contributed by atoms with Crippen molar-refractivity contribution in [1.82, 2.24) is 9.80 Å². The molecule has 8 heteroatoms. The van der Waals surface area contributed by atoms with E-state index in [4.69, 9.17) is 9.47 Å². The summed E-state index contributed by atoms with van der Waals surface area (Å²) in [6.07, 6.45) is 0.784. The normalized spacial score (nSPS) is 12.8. The Bertz CT molecular complexity index is 1010. The third-order valence-corrected chi connectivity index (χ3v) is 5.98. The van der Waals surface area contributed by atoms with Gasteiger partial charge in [0.1, 0.15) is 19.3 Å². The fourth-order valence-corrected chi connectivity index (χ4v) is 4.16. The van der Waals surface area contributed by atoms with E-state index in [1.165, 1.54) is 18.0 Å². The Morgan fingerprint density at radius 3 is 2.15 bits per heavy atom. The number of nitrogens with zero attached hydrogens (tertiary/aromatic N) is 2. The van der Waals surface area contributed by atoms with E-state index in [2.05, 4.69) is 6.58 Å². The highest BCUT2D eigenvalue weighted by molar-refractivity contribution is 5.81. The minimum Gasteiger partial charge on any atom is -0.480 e. The predicted octanol–water partition coefficient (Wildman–Crippen LogP) is 4.36. The molecule has 0 aromatic heterocycles. The maximum absolute atomic E-state index is 12.7. The Morgan fingerprint density at radius 1 is 1.00 bits per heavy atom. The van der Waals surface area contributed by atoms with E-state index in [9.17, 15) is 19.5 Å². The smallest absolute Gasteiger partial charge is 0.410 e. The van der Waals surface area contributed by atoms with Crippen LogP contribution in [-0.4, -0.2) is 73.0 Å². The summed E-state index contributed by atoms with van der Waals surface area (Å²) in [5, 5.41) is 9.66. The fourth-order valence-electron chi connectivity index (χ4n) is 4.16. The van der Waals surface area contributed by atoms with Gasteiger partial charge in [-0.3, -0.25) is 4.90 Å². The van der Waals surface area contributed by atoms with E-state index in [1.807, 2.05) is 48.5 Å². The molecule has 2 aromatic carbocycles. The molecule has 34 heavy (non-hydrogen) atoms. The number of ether oxygens (including phenoxy) is 2. The number of aliphatic carboxylic acids is 1. The third-order valence-electron chi connectivity index (χ3n) is 5.98. The highest BCUT2D eigenvalue weighted by atomic mass is 16.6. The molecule has 0 aliphatic heterocycles. The van der Waals surface area contributed by atoms with Crippen LogP contribution in [0.4, 0.5) is 9.59 Å². The van der Waals surface area contributed by atoms with Gasteiger partial charge in [0.25, 0.3) is 0 Å². The average molecular weight is 467 g/mol. The van der Waals surface area contributed by atoms with Crippen LogP contribution < -0.4 is 0 Å². The van der Waals surface area contributed by atoms with Crippen LogP contribution in [0.15, 0.2) is 61.2 Å². The van der Waals surface area contributed by atoms with Crippen molar-refractivity contribution in [2.45, 2.75) is 24.8 Å². The second kappa shape index (κ2) is 11.4. The monoisotopic (exact) mass is 466 g/mol. The van der Waals surface area contributed by atoms with E-state index in [0.717, 1.165) is 27.2 Å². The molecule has 0 fully saturated rings. The number of benzene rings is 2. The van der Waals surface area contributed by atoms with Gasteiger partial charge in [0.15, 0.2) is 0 Å². The van der Waals surface area contributed by atoms with Gasteiger partial charge in [-0.1, -0.05) is 61.2 Å². The lowest BCUT2D eigenvalue weighted by Gasteiger charge is -2.26. The summed E-state index contributed by atoms with van der Waals surface area (Å²) in [6, 6.07) is 14.9. The Hall–Kier alpha value is -3.81. The van der Waals surface area contributed by atoms with Gasteiger partial charge < -0.3 is 19.5 Å². The first kappa shape index (κ1) is 24.8. The van der Waals surface area contributed by atoms with Gasteiger partial charge in [0.05, 0.1) is 0 Å². The highest BCUT2D eigenvalue weighted by Gasteiger charge is 2.31. The summed E-state index contributed by atoms with van der Waals surface area (Å²) in [6.45, 7) is 3.99. The SMILES string of the molecule is C=CCOC(=O)N(C)CCC[C@@H](C(=O)O)N(C)C(=O)OCC1c2ccccc2-c2ccccc21. The van der Waals surface area contributed by atoms with Crippen molar-refractivity contribution < 1.29 is 29.0 Å². The van der Waals surface area contributed by atoms with Gasteiger partial charge in [-0.05, 0) is 35.1 Å². The first-order valence-electron chi connectivity index (χ1n) is 11.1. The molecule has 0 saturated heterocycles. The minimum absolute atomic E-state index is 0.103. The molecule has 1 aliphatic rings. The lowest BCUT2D eigenvalue weighted by molar-refractivity contribution is -0.142. The van der Waals surface area contributed by atoms with E-state index in [1.54, 1.807) is 7.05 Å². The molecule has 0 bridgehead atoms. The maximum atomic E-state index is 12.7. The van der Waals surface area contributed by atoms with Crippen LogP contribution >= 0.6 is 0 Å². The molecule has 0 unspecified atom stereocenters. The maximum Gasteiger partial charge on any atom is 0.410 e. The molecule has 8 nitrogen and oxygen atoms in total. The number of fused-ring (bicyclic) bond motifs is 3. The van der Waals surface area contributed by atoms with Gasteiger partial charge >= 0.3 is 18.2 Å². The van der Waals surface area contributed by atoms with E-state index in [-0.39, 0.29) is 32.1 Å². The van der Waals surface area contributed by atoms with Gasteiger partial charge in [0, 0.05) is 26.6 Å². The number of hydrogen-bond acceptors (Lipinski definition) is 5. The summed E-state index contributed by atoms with van der Waals surface area (Å²) >= 11 is 0. The summed E-state index contributed by atoms with van der Waals surface area (Å²) in [7, 11) is 2.98. The van der Waals surface area contributed by atoms with Gasteiger partial charge in [-0.25, -0.2) is 14.4 Å². The van der Waals surface area contributed by atoms with Crippen LogP contribution in [0.25, 0.3) is 11.1 Å². The van der Waals surface area contributed by atoms with Crippen molar-refractivity contribution in [3.05, 3.63) is 72.3 Å². The summed E-state index contributed by atoms with van der Waals surface area (Å²) < 4.78 is 10.5. The molecule has 180 valence electrons. The number of carboxylic acids is 1. The molecular formula is C26H30N2O6. The molecule has 1 N–H and O–H groups in total.